The maximum atomic E-state index is 11.0. The van der Waals surface area contributed by atoms with E-state index >= 15 is 0 Å². The fourth-order valence-corrected chi connectivity index (χ4v) is 1.90. The molecular formula is C11H16N2O4. The number of hydrogen-bond donors (Lipinski definition) is 1. The second kappa shape index (κ2) is 4.12. The van der Waals surface area contributed by atoms with Gasteiger partial charge in [0, 0.05) is 0 Å². The third kappa shape index (κ3) is 2.65. The van der Waals surface area contributed by atoms with E-state index in [4.69, 9.17) is 14.6 Å². The van der Waals surface area contributed by atoms with Gasteiger partial charge in [0.05, 0.1) is 18.8 Å². The summed E-state index contributed by atoms with van der Waals surface area (Å²) in [7, 11) is 0. The Bertz CT molecular complexity index is 439. The summed E-state index contributed by atoms with van der Waals surface area (Å²) in [5.41, 5.74) is 0.858. The molecule has 1 saturated heterocycles. The maximum Gasteiger partial charge on any atom is 0.354 e. The molecule has 17 heavy (non-hydrogen) atoms. The lowest BCUT2D eigenvalue weighted by molar-refractivity contribution is -0.139. The van der Waals surface area contributed by atoms with Crippen LogP contribution < -0.4 is 0 Å². The first kappa shape index (κ1) is 12.1. The minimum absolute atomic E-state index is 0.164. The third-order valence-corrected chi connectivity index (χ3v) is 2.57. The van der Waals surface area contributed by atoms with Crippen molar-refractivity contribution in [3.63, 3.8) is 0 Å². The van der Waals surface area contributed by atoms with Gasteiger partial charge in [-0.3, -0.25) is 4.68 Å². The molecular weight excluding hydrogens is 224 g/mol. The third-order valence-electron chi connectivity index (χ3n) is 2.57. The smallest absolute Gasteiger partial charge is 0.354 e. The summed E-state index contributed by atoms with van der Waals surface area (Å²) in [5, 5.41) is 13.2. The maximum absolute atomic E-state index is 11.0. The van der Waals surface area contributed by atoms with Crippen LogP contribution in [0.25, 0.3) is 0 Å². The Balaban J connectivity index is 2.11. The van der Waals surface area contributed by atoms with Gasteiger partial charge >= 0.3 is 5.97 Å². The Hall–Kier alpha value is -1.40. The number of hydrogen-bond acceptors (Lipinski definition) is 4. The zero-order valence-electron chi connectivity index (χ0n) is 10.1. The van der Waals surface area contributed by atoms with Crippen molar-refractivity contribution >= 4 is 5.97 Å². The first-order chi connectivity index (χ1) is 7.87. The molecule has 0 amide bonds. The first-order valence-electron chi connectivity index (χ1n) is 5.47. The van der Waals surface area contributed by atoms with Crippen LogP contribution in [-0.4, -0.2) is 39.4 Å². The number of aromatic carboxylic acids is 1. The summed E-state index contributed by atoms with van der Waals surface area (Å²) < 4.78 is 12.5. The summed E-state index contributed by atoms with van der Waals surface area (Å²) >= 11 is 0. The van der Waals surface area contributed by atoms with Crippen LogP contribution in [-0.2, 0) is 16.0 Å². The van der Waals surface area contributed by atoms with Crippen molar-refractivity contribution in [2.45, 2.75) is 39.2 Å². The number of carbonyl (C=O) groups is 1. The molecule has 1 aliphatic heterocycles. The van der Waals surface area contributed by atoms with E-state index in [1.54, 1.807) is 13.0 Å². The topological polar surface area (TPSA) is 73.6 Å². The molecule has 2 heterocycles. The predicted molar refractivity (Wildman–Crippen MR) is 58.8 cm³/mol. The van der Waals surface area contributed by atoms with Gasteiger partial charge in [-0.15, -0.1) is 0 Å². The van der Waals surface area contributed by atoms with Crippen LogP contribution in [0.1, 0.15) is 30.0 Å². The van der Waals surface area contributed by atoms with Crippen LogP contribution >= 0.6 is 0 Å². The minimum Gasteiger partial charge on any atom is -0.477 e. The largest absolute Gasteiger partial charge is 0.477 e. The number of carboxylic acid groups (broad SMARTS) is 1. The van der Waals surface area contributed by atoms with Crippen LogP contribution in [0.4, 0.5) is 0 Å². The molecule has 6 nitrogen and oxygen atoms in total. The summed E-state index contributed by atoms with van der Waals surface area (Å²) in [4.78, 5) is 11.0. The summed E-state index contributed by atoms with van der Waals surface area (Å²) in [6, 6.07) is 1.54. The highest BCUT2D eigenvalue weighted by Crippen LogP contribution is 2.23. The minimum atomic E-state index is -0.983. The van der Waals surface area contributed by atoms with Crippen molar-refractivity contribution in [2.75, 3.05) is 6.61 Å². The number of carboxylic acids is 1. The summed E-state index contributed by atoms with van der Waals surface area (Å²) in [5.74, 6) is -1.58. The molecule has 0 radical (unpaired) electrons. The summed E-state index contributed by atoms with van der Waals surface area (Å²) in [6.45, 7) is 6.27. The van der Waals surface area contributed by atoms with Gasteiger partial charge in [0.2, 0.25) is 0 Å². The zero-order chi connectivity index (χ0) is 12.6. The molecule has 6 heteroatoms. The molecule has 1 aliphatic rings. The van der Waals surface area contributed by atoms with E-state index in [1.165, 1.54) is 4.68 Å². The Morgan fingerprint density at radius 3 is 2.94 bits per heavy atom. The van der Waals surface area contributed by atoms with E-state index in [0.717, 1.165) is 0 Å². The molecule has 1 aromatic heterocycles. The lowest BCUT2D eigenvalue weighted by Crippen LogP contribution is -2.25. The standard InChI is InChI=1S/C11H16N2O4/c1-7-4-9(10(14)15)13(12-7)5-8-6-16-11(2,3)17-8/h4,8H,5-6H2,1-3H3,(H,14,15). The fraction of sp³-hybridized carbons (Fsp3) is 0.636. The van der Waals surface area contributed by atoms with Crippen LogP contribution in [0.3, 0.4) is 0 Å². The molecule has 1 N–H and O–H groups in total. The van der Waals surface area contributed by atoms with Gasteiger partial charge in [-0.2, -0.15) is 5.10 Å². The number of rotatable bonds is 3. The second-order valence-corrected chi connectivity index (χ2v) is 4.61. The normalized spacial score (nSPS) is 22.9. The number of nitrogens with zero attached hydrogens (tertiary/aromatic N) is 2. The van der Waals surface area contributed by atoms with Gasteiger partial charge in [0.25, 0.3) is 0 Å². The Labute approximate surface area is 99.1 Å². The van der Waals surface area contributed by atoms with Crippen molar-refractivity contribution in [1.82, 2.24) is 9.78 Å². The van der Waals surface area contributed by atoms with E-state index in [1.807, 2.05) is 13.8 Å². The van der Waals surface area contributed by atoms with Crippen LogP contribution in [0.5, 0.6) is 0 Å². The average molecular weight is 240 g/mol. The molecule has 0 bridgehead atoms. The molecule has 0 aliphatic carbocycles. The van der Waals surface area contributed by atoms with Gasteiger partial charge in [-0.1, -0.05) is 0 Å². The molecule has 1 fully saturated rings. The first-order valence-corrected chi connectivity index (χ1v) is 5.47. The number of aryl methyl sites for hydroxylation is 1. The van der Waals surface area contributed by atoms with Crippen LogP contribution in [0.2, 0.25) is 0 Å². The Kier molecular flexibility index (Phi) is 2.92. The van der Waals surface area contributed by atoms with Gasteiger partial charge in [0.15, 0.2) is 5.79 Å². The van der Waals surface area contributed by atoms with Crippen LogP contribution in [0, 0.1) is 6.92 Å². The van der Waals surface area contributed by atoms with Crippen molar-refractivity contribution in [3.8, 4) is 0 Å². The van der Waals surface area contributed by atoms with E-state index in [9.17, 15) is 4.79 Å². The molecule has 2 rings (SSSR count). The van der Waals surface area contributed by atoms with Crippen LogP contribution in [0.15, 0.2) is 6.07 Å². The van der Waals surface area contributed by atoms with Gasteiger partial charge in [0.1, 0.15) is 11.8 Å². The number of ether oxygens (including phenoxy) is 2. The summed E-state index contributed by atoms with van der Waals surface area (Å²) in [6.07, 6.45) is -0.164. The second-order valence-electron chi connectivity index (χ2n) is 4.61. The Morgan fingerprint density at radius 1 is 1.71 bits per heavy atom. The molecule has 1 aromatic rings. The van der Waals surface area contributed by atoms with E-state index in [-0.39, 0.29) is 11.8 Å². The molecule has 0 aromatic carbocycles. The fourth-order valence-electron chi connectivity index (χ4n) is 1.90. The predicted octanol–water partition coefficient (Wildman–Crippen LogP) is 1.04. The molecule has 1 atom stereocenters. The highest BCUT2D eigenvalue weighted by molar-refractivity contribution is 5.85. The quantitative estimate of drug-likeness (QED) is 0.854. The molecule has 94 valence electrons. The average Bonchev–Trinajstić information content (AvgIpc) is 2.70. The monoisotopic (exact) mass is 240 g/mol. The molecule has 0 spiro atoms. The zero-order valence-corrected chi connectivity index (χ0v) is 10.1. The van der Waals surface area contributed by atoms with Crippen molar-refractivity contribution < 1.29 is 19.4 Å². The van der Waals surface area contributed by atoms with E-state index in [0.29, 0.717) is 18.8 Å². The van der Waals surface area contributed by atoms with E-state index in [2.05, 4.69) is 5.10 Å². The molecule has 1 unspecified atom stereocenters. The van der Waals surface area contributed by atoms with Gasteiger partial charge < -0.3 is 14.6 Å². The number of aromatic nitrogens is 2. The lowest BCUT2D eigenvalue weighted by Gasteiger charge is -2.17. The van der Waals surface area contributed by atoms with Gasteiger partial charge in [-0.05, 0) is 26.8 Å². The highest BCUT2D eigenvalue weighted by atomic mass is 16.7. The van der Waals surface area contributed by atoms with Crippen molar-refractivity contribution in [3.05, 3.63) is 17.5 Å². The molecule has 0 saturated carbocycles. The van der Waals surface area contributed by atoms with Crippen molar-refractivity contribution in [2.24, 2.45) is 0 Å². The van der Waals surface area contributed by atoms with Crippen molar-refractivity contribution in [1.29, 1.82) is 0 Å². The Morgan fingerprint density at radius 2 is 2.41 bits per heavy atom. The van der Waals surface area contributed by atoms with Gasteiger partial charge in [-0.25, -0.2) is 4.79 Å². The lowest BCUT2D eigenvalue weighted by atomic mass is 10.3. The SMILES string of the molecule is Cc1cc(C(=O)O)n(CC2COC(C)(C)O2)n1. The highest BCUT2D eigenvalue weighted by Gasteiger charge is 2.33. The van der Waals surface area contributed by atoms with E-state index < -0.39 is 11.8 Å².